The Morgan fingerprint density at radius 1 is 1.16 bits per heavy atom. The maximum atomic E-state index is 12.8. The minimum Gasteiger partial charge on any atom is -0.350 e. The summed E-state index contributed by atoms with van der Waals surface area (Å²) in [7, 11) is 0. The van der Waals surface area contributed by atoms with Crippen LogP contribution in [-0.2, 0) is 22.6 Å². The van der Waals surface area contributed by atoms with E-state index in [1.54, 1.807) is 0 Å². The molecule has 0 radical (unpaired) electrons. The molecule has 2 aliphatic heterocycles. The third kappa shape index (κ3) is 4.84. The van der Waals surface area contributed by atoms with Gasteiger partial charge in [0.05, 0.1) is 24.8 Å². The first-order valence-electron chi connectivity index (χ1n) is 11.1. The van der Waals surface area contributed by atoms with Crippen LogP contribution in [0.15, 0.2) is 24.4 Å². The van der Waals surface area contributed by atoms with Crippen LogP contribution in [-0.4, -0.2) is 51.3 Å². The molecule has 2 aliphatic rings. The van der Waals surface area contributed by atoms with Crippen LogP contribution in [0.1, 0.15) is 61.4 Å². The lowest BCUT2D eigenvalue weighted by Gasteiger charge is -2.36. The molecule has 164 valence electrons. The Bertz CT molecular complexity index is 949. The van der Waals surface area contributed by atoms with E-state index in [1.807, 2.05) is 36.2 Å². The van der Waals surface area contributed by atoms with Crippen LogP contribution >= 0.6 is 0 Å². The fourth-order valence-electron chi connectivity index (χ4n) is 4.50. The Labute approximate surface area is 183 Å². The van der Waals surface area contributed by atoms with Crippen molar-refractivity contribution in [1.82, 2.24) is 25.2 Å². The van der Waals surface area contributed by atoms with Gasteiger partial charge in [0.1, 0.15) is 5.82 Å². The largest absolute Gasteiger partial charge is 0.350 e. The smallest absolute Gasteiger partial charge is 0.242 e. The van der Waals surface area contributed by atoms with Gasteiger partial charge in [0.25, 0.3) is 0 Å². The number of carbonyl (C=O) groups is 2. The van der Waals surface area contributed by atoms with Crippen molar-refractivity contribution in [1.29, 1.82) is 0 Å². The predicted octanol–water partition coefficient (Wildman–Crippen LogP) is 2.32. The molecule has 1 fully saturated rings. The maximum Gasteiger partial charge on any atom is 0.242 e. The van der Waals surface area contributed by atoms with Gasteiger partial charge in [-0.3, -0.25) is 14.6 Å². The molecule has 0 unspecified atom stereocenters. The number of nitrogens with one attached hydrogen (secondary N) is 1. The molecule has 8 heteroatoms. The first-order valence-corrected chi connectivity index (χ1v) is 11.1. The lowest BCUT2D eigenvalue weighted by atomic mass is 9.99. The molecule has 1 saturated heterocycles. The quantitative estimate of drug-likeness (QED) is 0.795. The number of carbonyl (C=O) groups excluding carboxylic acids is 2. The molecule has 2 aromatic rings. The number of piperidine rings is 1. The molecule has 0 saturated carbocycles. The number of fused-ring (bicyclic) bond motifs is 1. The summed E-state index contributed by atoms with van der Waals surface area (Å²) in [4.78, 5) is 42.5. The van der Waals surface area contributed by atoms with Crippen LogP contribution in [0.3, 0.4) is 0 Å². The van der Waals surface area contributed by atoms with Crippen molar-refractivity contribution >= 4 is 17.6 Å². The zero-order valence-corrected chi connectivity index (χ0v) is 18.3. The average molecular weight is 423 g/mol. The topological polar surface area (TPSA) is 91.3 Å². The van der Waals surface area contributed by atoms with Crippen molar-refractivity contribution in [3.05, 3.63) is 47.2 Å². The van der Waals surface area contributed by atoms with E-state index < -0.39 is 0 Å². The number of pyridine rings is 1. The summed E-state index contributed by atoms with van der Waals surface area (Å²) in [5, 5.41) is 2.62. The summed E-state index contributed by atoms with van der Waals surface area (Å²) in [6.07, 6.45) is 6.68. The average Bonchev–Trinajstić information content (AvgIpc) is 2.78. The van der Waals surface area contributed by atoms with Crippen LogP contribution in [0.4, 0.5) is 5.82 Å². The molecule has 0 aliphatic carbocycles. The standard InChI is InChI=1S/C23H30N6O2/c1-16-19-9-7-12-28(15-18-8-3-5-11-24-18)23(19)27-22(26-16)20-10-4-6-13-29(20)21(31)14-25-17(2)30/h3,5,8,11,20H,4,6-7,9-10,12-15H2,1-2H3,(H,25,30)/t20-/m0/s1. The van der Waals surface area contributed by atoms with Crippen molar-refractivity contribution in [2.75, 3.05) is 24.5 Å². The van der Waals surface area contributed by atoms with E-state index in [4.69, 9.17) is 9.97 Å². The SMILES string of the molecule is CC(=O)NCC(=O)N1CCCC[C@H]1c1nc(C)c2c(n1)N(Cc1ccccn1)CCC2. The van der Waals surface area contributed by atoms with Crippen LogP contribution in [0, 0.1) is 6.92 Å². The molecule has 0 bridgehead atoms. The van der Waals surface area contributed by atoms with Gasteiger partial charge >= 0.3 is 0 Å². The van der Waals surface area contributed by atoms with Crippen molar-refractivity contribution in [2.45, 2.75) is 58.5 Å². The number of amides is 2. The number of hydrogen-bond donors (Lipinski definition) is 1. The number of hydrogen-bond acceptors (Lipinski definition) is 6. The Kier molecular flexibility index (Phi) is 6.44. The van der Waals surface area contributed by atoms with Gasteiger partial charge in [0.2, 0.25) is 11.8 Å². The molecular weight excluding hydrogens is 392 g/mol. The highest BCUT2D eigenvalue weighted by molar-refractivity contribution is 5.84. The number of rotatable bonds is 5. The lowest BCUT2D eigenvalue weighted by molar-refractivity contribution is -0.136. The zero-order chi connectivity index (χ0) is 21.8. The lowest BCUT2D eigenvalue weighted by Crippen LogP contribution is -2.44. The molecule has 8 nitrogen and oxygen atoms in total. The maximum absolute atomic E-state index is 12.8. The van der Waals surface area contributed by atoms with E-state index in [2.05, 4.69) is 15.2 Å². The number of likely N-dealkylation sites (tertiary alicyclic amines) is 1. The second-order valence-corrected chi connectivity index (χ2v) is 8.32. The molecule has 4 heterocycles. The summed E-state index contributed by atoms with van der Waals surface area (Å²) in [6.45, 7) is 5.78. The third-order valence-corrected chi connectivity index (χ3v) is 6.05. The molecule has 4 rings (SSSR count). The summed E-state index contributed by atoms with van der Waals surface area (Å²) in [5.41, 5.74) is 3.20. The Balaban J connectivity index is 1.62. The van der Waals surface area contributed by atoms with Gasteiger partial charge in [-0.15, -0.1) is 0 Å². The molecule has 2 aromatic heterocycles. The number of anilines is 1. The molecule has 1 N–H and O–H groups in total. The van der Waals surface area contributed by atoms with E-state index in [-0.39, 0.29) is 24.4 Å². The molecular formula is C23H30N6O2. The van der Waals surface area contributed by atoms with Crippen molar-refractivity contribution in [3.8, 4) is 0 Å². The van der Waals surface area contributed by atoms with Crippen molar-refractivity contribution < 1.29 is 9.59 Å². The van der Waals surface area contributed by atoms with Gasteiger partial charge in [-0.25, -0.2) is 9.97 Å². The van der Waals surface area contributed by atoms with E-state index in [0.29, 0.717) is 18.9 Å². The van der Waals surface area contributed by atoms with Crippen LogP contribution in [0.2, 0.25) is 0 Å². The Morgan fingerprint density at radius 2 is 2.03 bits per heavy atom. The minimum atomic E-state index is -0.201. The fraction of sp³-hybridized carbons (Fsp3) is 0.522. The van der Waals surface area contributed by atoms with Gasteiger partial charge in [-0.1, -0.05) is 6.07 Å². The molecule has 2 amide bonds. The highest BCUT2D eigenvalue weighted by Gasteiger charge is 2.32. The van der Waals surface area contributed by atoms with E-state index >= 15 is 0 Å². The van der Waals surface area contributed by atoms with E-state index in [1.165, 1.54) is 12.5 Å². The first-order chi connectivity index (χ1) is 15.0. The number of aryl methyl sites for hydroxylation is 1. The second kappa shape index (κ2) is 9.41. The summed E-state index contributed by atoms with van der Waals surface area (Å²) in [6, 6.07) is 5.81. The second-order valence-electron chi connectivity index (χ2n) is 8.32. The number of nitrogens with zero attached hydrogens (tertiary/aromatic N) is 5. The molecule has 0 spiro atoms. The highest BCUT2D eigenvalue weighted by Crippen LogP contribution is 2.34. The number of aromatic nitrogens is 3. The van der Waals surface area contributed by atoms with Gasteiger partial charge in [0.15, 0.2) is 5.82 Å². The van der Waals surface area contributed by atoms with Crippen molar-refractivity contribution in [3.63, 3.8) is 0 Å². The molecule has 31 heavy (non-hydrogen) atoms. The predicted molar refractivity (Wildman–Crippen MR) is 117 cm³/mol. The first kappa shape index (κ1) is 21.2. The molecule has 1 atom stereocenters. The highest BCUT2D eigenvalue weighted by atomic mass is 16.2. The van der Waals surface area contributed by atoms with E-state index in [0.717, 1.165) is 55.9 Å². The normalized spacial score (nSPS) is 18.5. The third-order valence-electron chi connectivity index (χ3n) is 6.05. The zero-order valence-electron chi connectivity index (χ0n) is 18.3. The summed E-state index contributed by atoms with van der Waals surface area (Å²) >= 11 is 0. The minimum absolute atomic E-state index is 0.0154. The van der Waals surface area contributed by atoms with Crippen LogP contribution < -0.4 is 10.2 Å². The fourth-order valence-corrected chi connectivity index (χ4v) is 4.50. The van der Waals surface area contributed by atoms with Crippen LogP contribution in [0.25, 0.3) is 0 Å². The van der Waals surface area contributed by atoms with Gasteiger partial charge in [0, 0.05) is 37.5 Å². The summed E-state index contributed by atoms with van der Waals surface area (Å²) < 4.78 is 0. The van der Waals surface area contributed by atoms with E-state index in [9.17, 15) is 9.59 Å². The van der Waals surface area contributed by atoms with Crippen LogP contribution in [0.5, 0.6) is 0 Å². The van der Waals surface area contributed by atoms with Crippen molar-refractivity contribution in [2.24, 2.45) is 0 Å². The summed E-state index contributed by atoms with van der Waals surface area (Å²) in [5.74, 6) is 1.40. The van der Waals surface area contributed by atoms with Gasteiger partial charge < -0.3 is 15.1 Å². The molecule has 0 aromatic carbocycles. The van der Waals surface area contributed by atoms with Gasteiger partial charge in [-0.2, -0.15) is 0 Å². The van der Waals surface area contributed by atoms with Gasteiger partial charge in [-0.05, 0) is 51.2 Å². The monoisotopic (exact) mass is 422 g/mol. The Morgan fingerprint density at radius 3 is 2.81 bits per heavy atom. The Hall–Kier alpha value is -3.03.